The minimum Gasteiger partial charge on any atom is -0.497 e. The van der Waals surface area contributed by atoms with Gasteiger partial charge in [-0.3, -0.25) is 9.59 Å². The van der Waals surface area contributed by atoms with Gasteiger partial charge in [0.15, 0.2) is 0 Å². The van der Waals surface area contributed by atoms with E-state index in [1.165, 1.54) is 0 Å². The van der Waals surface area contributed by atoms with E-state index >= 15 is 0 Å². The van der Waals surface area contributed by atoms with Crippen LogP contribution in [0.25, 0.3) is 0 Å². The first kappa shape index (κ1) is 14.4. The summed E-state index contributed by atoms with van der Waals surface area (Å²) in [6.07, 6.45) is 0.245. The smallest absolute Gasteiger partial charge is 0.311 e. The van der Waals surface area contributed by atoms with Crippen molar-refractivity contribution in [3.63, 3.8) is 0 Å². The molecule has 108 valence electrons. The number of amides is 1. The summed E-state index contributed by atoms with van der Waals surface area (Å²) in [7, 11) is 1.61. The Bertz CT molecular complexity index is 483. The van der Waals surface area contributed by atoms with E-state index in [0.717, 1.165) is 11.3 Å². The average molecular weight is 277 g/mol. The van der Waals surface area contributed by atoms with Gasteiger partial charge in [0, 0.05) is 19.5 Å². The summed E-state index contributed by atoms with van der Waals surface area (Å²) in [6, 6.07) is 7.56. The molecule has 1 saturated heterocycles. The van der Waals surface area contributed by atoms with Gasteiger partial charge in [-0.1, -0.05) is 12.1 Å². The zero-order valence-electron chi connectivity index (χ0n) is 11.8. The van der Waals surface area contributed by atoms with Crippen LogP contribution in [0, 0.1) is 5.92 Å². The van der Waals surface area contributed by atoms with Crippen molar-refractivity contribution in [1.29, 1.82) is 0 Å². The van der Waals surface area contributed by atoms with Crippen LogP contribution in [0.1, 0.15) is 18.9 Å². The average Bonchev–Trinajstić information content (AvgIpc) is 2.81. The highest BCUT2D eigenvalue weighted by molar-refractivity contribution is 5.86. The zero-order chi connectivity index (χ0) is 14.5. The molecule has 1 aromatic carbocycles. The third-order valence-electron chi connectivity index (χ3n) is 3.37. The van der Waals surface area contributed by atoms with Crippen molar-refractivity contribution in [3.8, 4) is 5.75 Å². The molecular weight excluding hydrogens is 258 g/mol. The Morgan fingerprint density at radius 1 is 1.35 bits per heavy atom. The van der Waals surface area contributed by atoms with Crippen LogP contribution in [-0.2, 0) is 20.9 Å². The number of likely N-dealkylation sites (tertiary alicyclic amines) is 1. The number of hydrogen-bond donors (Lipinski definition) is 0. The van der Waals surface area contributed by atoms with Crippen LogP contribution in [0.3, 0.4) is 0 Å². The molecule has 1 unspecified atom stereocenters. The minimum atomic E-state index is -0.333. The van der Waals surface area contributed by atoms with Crippen molar-refractivity contribution < 1.29 is 19.1 Å². The lowest BCUT2D eigenvalue weighted by molar-refractivity contribution is -0.147. The lowest BCUT2D eigenvalue weighted by atomic mass is 10.1. The van der Waals surface area contributed by atoms with Gasteiger partial charge in [-0.05, 0) is 24.6 Å². The fourth-order valence-corrected chi connectivity index (χ4v) is 2.29. The molecule has 0 N–H and O–H groups in total. The van der Waals surface area contributed by atoms with Crippen LogP contribution in [0.2, 0.25) is 0 Å². The van der Waals surface area contributed by atoms with Gasteiger partial charge in [0.05, 0.1) is 19.6 Å². The molecule has 1 fully saturated rings. The van der Waals surface area contributed by atoms with Gasteiger partial charge in [-0.2, -0.15) is 0 Å². The quantitative estimate of drug-likeness (QED) is 0.767. The van der Waals surface area contributed by atoms with Crippen LogP contribution < -0.4 is 4.74 Å². The summed E-state index contributed by atoms with van der Waals surface area (Å²) in [5.41, 5.74) is 1.02. The molecule has 0 radical (unpaired) electrons. The van der Waals surface area contributed by atoms with E-state index in [1.54, 1.807) is 18.9 Å². The van der Waals surface area contributed by atoms with Crippen LogP contribution >= 0.6 is 0 Å². The predicted molar refractivity (Wildman–Crippen MR) is 73.2 cm³/mol. The standard InChI is InChI=1S/C15H19NO4/c1-3-20-15(18)12-8-14(17)16(10-12)9-11-4-6-13(19-2)7-5-11/h4-7,12H,3,8-10H2,1-2H3. The zero-order valence-corrected chi connectivity index (χ0v) is 11.8. The molecule has 1 amide bonds. The van der Waals surface area contributed by atoms with Crippen molar-refractivity contribution >= 4 is 11.9 Å². The number of carbonyl (C=O) groups excluding carboxylic acids is 2. The van der Waals surface area contributed by atoms with E-state index in [-0.39, 0.29) is 24.2 Å². The lowest BCUT2D eigenvalue weighted by Crippen LogP contribution is -2.26. The minimum absolute atomic E-state index is 0.00105. The fraction of sp³-hybridized carbons (Fsp3) is 0.467. The van der Waals surface area contributed by atoms with Gasteiger partial charge in [0.1, 0.15) is 5.75 Å². The maximum absolute atomic E-state index is 11.9. The van der Waals surface area contributed by atoms with Gasteiger partial charge >= 0.3 is 5.97 Å². The molecule has 1 aliphatic heterocycles. The molecular formula is C15H19NO4. The van der Waals surface area contributed by atoms with Crippen LogP contribution in [-0.4, -0.2) is 37.0 Å². The molecule has 0 aromatic heterocycles. The number of nitrogens with zero attached hydrogens (tertiary/aromatic N) is 1. The Kier molecular flexibility index (Phi) is 4.61. The number of methoxy groups -OCH3 is 1. The lowest BCUT2D eigenvalue weighted by Gasteiger charge is -2.16. The number of rotatable bonds is 5. The molecule has 0 aliphatic carbocycles. The fourth-order valence-electron chi connectivity index (χ4n) is 2.29. The first-order valence-corrected chi connectivity index (χ1v) is 6.71. The summed E-state index contributed by atoms with van der Waals surface area (Å²) < 4.78 is 10.1. The Morgan fingerprint density at radius 2 is 2.05 bits per heavy atom. The molecule has 5 heteroatoms. The van der Waals surface area contributed by atoms with Crippen molar-refractivity contribution in [2.75, 3.05) is 20.3 Å². The van der Waals surface area contributed by atoms with Gasteiger partial charge in [0.25, 0.3) is 0 Å². The van der Waals surface area contributed by atoms with E-state index in [2.05, 4.69) is 0 Å². The highest BCUT2D eigenvalue weighted by atomic mass is 16.5. The second kappa shape index (κ2) is 6.41. The van der Waals surface area contributed by atoms with Crippen molar-refractivity contribution in [1.82, 2.24) is 4.90 Å². The monoisotopic (exact) mass is 277 g/mol. The van der Waals surface area contributed by atoms with Gasteiger partial charge < -0.3 is 14.4 Å². The highest BCUT2D eigenvalue weighted by Crippen LogP contribution is 2.22. The maximum atomic E-state index is 11.9. The SMILES string of the molecule is CCOC(=O)C1CC(=O)N(Cc2ccc(OC)cc2)C1. The van der Waals surface area contributed by atoms with E-state index in [0.29, 0.717) is 19.7 Å². The molecule has 0 spiro atoms. The molecule has 5 nitrogen and oxygen atoms in total. The second-order valence-corrected chi connectivity index (χ2v) is 4.78. The van der Waals surface area contributed by atoms with E-state index < -0.39 is 0 Å². The molecule has 1 atom stereocenters. The largest absolute Gasteiger partial charge is 0.497 e. The topological polar surface area (TPSA) is 55.8 Å². The third kappa shape index (κ3) is 3.29. The predicted octanol–water partition coefficient (Wildman–Crippen LogP) is 1.61. The molecule has 20 heavy (non-hydrogen) atoms. The van der Waals surface area contributed by atoms with Crippen LogP contribution in [0.4, 0.5) is 0 Å². The van der Waals surface area contributed by atoms with Crippen LogP contribution in [0.15, 0.2) is 24.3 Å². The van der Waals surface area contributed by atoms with E-state index in [9.17, 15) is 9.59 Å². The second-order valence-electron chi connectivity index (χ2n) is 4.78. The van der Waals surface area contributed by atoms with E-state index in [1.807, 2.05) is 24.3 Å². The Balaban J connectivity index is 1.96. The van der Waals surface area contributed by atoms with Crippen molar-refractivity contribution in [2.24, 2.45) is 5.92 Å². The molecule has 1 aliphatic rings. The first-order valence-electron chi connectivity index (χ1n) is 6.71. The van der Waals surface area contributed by atoms with Gasteiger partial charge in [-0.25, -0.2) is 0 Å². The Labute approximate surface area is 118 Å². The Hall–Kier alpha value is -2.04. The Morgan fingerprint density at radius 3 is 2.65 bits per heavy atom. The molecule has 0 bridgehead atoms. The summed E-state index contributed by atoms with van der Waals surface area (Å²) in [4.78, 5) is 25.3. The number of hydrogen-bond acceptors (Lipinski definition) is 4. The molecule has 0 saturated carbocycles. The maximum Gasteiger partial charge on any atom is 0.311 e. The van der Waals surface area contributed by atoms with Gasteiger partial charge in [0.2, 0.25) is 5.91 Å². The third-order valence-corrected chi connectivity index (χ3v) is 3.37. The number of ether oxygens (including phenoxy) is 2. The number of benzene rings is 1. The van der Waals surface area contributed by atoms with Crippen LogP contribution in [0.5, 0.6) is 5.75 Å². The summed E-state index contributed by atoms with van der Waals surface area (Å²) >= 11 is 0. The molecule has 1 aromatic rings. The number of esters is 1. The number of carbonyl (C=O) groups is 2. The van der Waals surface area contributed by atoms with Crippen molar-refractivity contribution in [2.45, 2.75) is 19.9 Å². The summed E-state index contributed by atoms with van der Waals surface area (Å²) in [5.74, 6) is 0.170. The van der Waals surface area contributed by atoms with E-state index in [4.69, 9.17) is 9.47 Å². The van der Waals surface area contributed by atoms with Crippen molar-refractivity contribution in [3.05, 3.63) is 29.8 Å². The normalized spacial score (nSPS) is 18.2. The van der Waals surface area contributed by atoms with Gasteiger partial charge in [-0.15, -0.1) is 0 Å². The summed E-state index contributed by atoms with van der Waals surface area (Å²) in [6.45, 7) is 3.06. The highest BCUT2D eigenvalue weighted by Gasteiger charge is 2.35. The molecule has 2 rings (SSSR count). The summed E-state index contributed by atoms with van der Waals surface area (Å²) in [5, 5.41) is 0. The first-order chi connectivity index (χ1) is 9.63. The molecule has 1 heterocycles.